The van der Waals surface area contributed by atoms with E-state index in [-0.39, 0.29) is 0 Å². The maximum atomic E-state index is 12.6. The lowest BCUT2D eigenvalue weighted by Gasteiger charge is -2.17. The van der Waals surface area contributed by atoms with Gasteiger partial charge in [-0.2, -0.15) is 0 Å². The van der Waals surface area contributed by atoms with Gasteiger partial charge >= 0.3 is 13.5 Å². The maximum Gasteiger partial charge on any atom is 0.338 e. The van der Waals surface area contributed by atoms with Crippen LogP contribution in [0.2, 0.25) is 0 Å². The van der Waals surface area contributed by atoms with Gasteiger partial charge in [-0.05, 0) is 55.5 Å². The Kier molecular flexibility index (Phi) is 5.88. The molecule has 128 valence electrons. The molecule has 2 aromatic rings. The summed E-state index contributed by atoms with van der Waals surface area (Å²) in [5, 5.41) is 2.84. The van der Waals surface area contributed by atoms with Crippen molar-refractivity contribution in [3.8, 4) is 11.5 Å². The molecule has 0 saturated carbocycles. The van der Waals surface area contributed by atoms with E-state index < -0.39 is 13.5 Å². The molecule has 1 unspecified atom stereocenters. The Bertz CT molecular complexity index is 728. The Labute approximate surface area is 141 Å². The molecule has 0 aliphatic heterocycles. The molecule has 2 rings (SSSR count). The largest absolute Gasteiger partial charge is 0.497 e. The van der Waals surface area contributed by atoms with Crippen LogP contribution in [0.5, 0.6) is 11.5 Å². The molecule has 24 heavy (non-hydrogen) atoms. The van der Waals surface area contributed by atoms with E-state index >= 15 is 0 Å². The van der Waals surface area contributed by atoms with E-state index in [2.05, 4.69) is 5.09 Å². The van der Waals surface area contributed by atoms with Gasteiger partial charge in [0.05, 0.1) is 19.3 Å². The monoisotopic (exact) mass is 349 g/mol. The number of anilines is 1. The van der Waals surface area contributed by atoms with Crippen molar-refractivity contribution >= 4 is 19.2 Å². The third kappa shape index (κ3) is 5.03. The predicted molar refractivity (Wildman–Crippen MR) is 93.2 cm³/mol. The molecule has 7 heteroatoms. The molecular weight excluding hydrogens is 329 g/mol. The van der Waals surface area contributed by atoms with Crippen LogP contribution in [0, 0.1) is 0 Å². The van der Waals surface area contributed by atoms with Gasteiger partial charge in [-0.3, -0.25) is 4.57 Å². The van der Waals surface area contributed by atoms with Crippen molar-refractivity contribution in [1.29, 1.82) is 0 Å². The van der Waals surface area contributed by atoms with Crippen molar-refractivity contribution in [2.45, 2.75) is 6.92 Å². The minimum absolute atomic E-state index is 0.318. The first-order valence-corrected chi connectivity index (χ1v) is 9.47. The first-order chi connectivity index (χ1) is 11.4. The third-order valence-electron chi connectivity index (χ3n) is 3.07. The van der Waals surface area contributed by atoms with E-state index in [1.165, 1.54) is 6.66 Å². The van der Waals surface area contributed by atoms with Crippen LogP contribution in [-0.4, -0.2) is 26.4 Å². The summed E-state index contributed by atoms with van der Waals surface area (Å²) in [4.78, 5) is 11.6. The van der Waals surface area contributed by atoms with Crippen LogP contribution in [0.3, 0.4) is 0 Å². The minimum atomic E-state index is -3.12. The zero-order valence-electron chi connectivity index (χ0n) is 13.8. The first-order valence-electron chi connectivity index (χ1n) is 7.40. The number of carbonyl (C=O) groups is 1. The van der Waals surface area contributed by atoms with Crippen LogP contribution in [0.1, 0.15) is 17.3 Å². The summed E-state index contributed by atoms with van der Waals surface area (Å²) >= 11 is 0. The molecule has 0 bridgehead atoms. The van der Waals surface area contributed by atoms with Crippen LogP contribution in [0.15, 0.2) is 48.5 Å². The molecule has 6 nitrogen and oxygen atoms in total. The Morgan fingerprint density at radius 1 is 1.04 bits per heavy atom. The normalized spacial score (nSPS) is 12.8. The molecule has 0 aromatic heterocycles. The van der Waals surface area contributed by atoms with Gasteiger partial charge in [-0.15, -0.1) is 0 Å². The lowest BCUT2D eigenvalue weighted by molar-refractivity contribution is 0.0526. The minimum Gasteiger partial charge on any atom is -0.497 e. The summed E-state index contributed by atoms with van der Waals surface area (Å²) in [6.07, 6.45) is 0. The SMILES string of the molecule is CCOC(=O)c1ccc(NP(C)(=O)Oc2ccc(OC)cc2)cc1. The molecule has 0 saturated heterocycles. The fourth-order valence-electron chi connectivity index (χ4n) is 1.99. The van der Waals surface area contributed by atoms with Crippen LogP contribution >= 0.6 is 7.52 Å². The van der Waals surface area contributed by atoms with E-state index in [9.17, 15) is 9.36 Å². The predicted octanol–water partition coefficient (Wildman–Crippen LogP) is 4.19. The van der Waals surface area contributed by atoms with Crippen molar-refractivity contribution in [3.63, 3.8) is 0 Å². The van der Waals surface area contributed by atoms with Crippen molar-refractivity contribution in [1.82, 2.24) is 0 Å². The van der Waals surface area contributed by atoms with Gasteiger partial charge in [0, 0.05) is 12.4 Å². The fourth-order valence-corrected chi connectivity index (χ4v) is 3.18. The summed E-state index contributed by atoms with van der Waals surface area (Å²) in [6.45, 7) is 3.55. The van der Waals surface area contributed by atoms with Gasteiger partial charge in [0.15, 0.2) is 0 Å². The first kappa shape index (κ1) is 17.9. The number of benzene rings is 2. The molecule has 1 N–H and O–H groups in total. The van der Waals surface area contributed by atoms with Crippen molar-refractivity contribution in [2.24, 2.45) is 0 Å². The number of rotatable bonds is 7. The molecule has 0 heterocycles. The number of methoxy groups -OCH3 is 1. The maximum absolute atomic E-state index is 12.6. The highest BCUT2D eigenvalue weighted by Gasteiger charge is 2.18. The van der Waals surface area contributed by atoms with Crippen LogP contribution in [0.25, 0.3) is 0 Å². The molecule has 0 aliphatic carbocycles. The Hall–Kier alpha value is -2.46. The third-order valence-corrected chi connectivity index (χ3v) is 4.29. The molecule has 0 aliphatic rings. The zero-order chi connectivity index (χ0) is 17.6. The number of hydrogen-bond acceptors (Lipinski definition) is 5. The Morgan fingerprint density at radius 3 is 2.17 bits per heavy atom. The standard InChI is InChI=1S/C17H20NO5P/c1-4-22-17(19)13-5-7-14(8-6-13)18-24(3,20)23-16-11-9-15(21-2)10-12-16/h5-12H,4H2,1-3H3,(H,18,20). The molecular formula is C17H20NO5P. The molecule has 0 radical (unpaired) electrons. The van der Waals surface area contributed by atoms with Gasteiger partial charge in [0.25, 0.3) is 0 Å². The second-order valence-electron chi connectivity index (χ2n) is 5.02. The summed E-state index contributed by atoms with van der Waals surface area (Å²) in [5.41, 5.74) is 1.02. The summed E-state index contributed by atoms with van der Waals surface area (Å²) in [7, 11) is -1.55. The van der Waals surface area contributed by atoms with Gasteiger partial charge in [-0.25, -0.2) is 4.79 Å². The highest BCUT2D eigenvalue weighted by Crippen LogP contribution is 2.43. The van der Waals surface area contributed by atoms with E-state index in [0.29, 0.717) is 29.4 Å². The second-order valence-corrected chi connectivity index (χ2v) is 7.12. The van der Waals surface area contributed by atoms with Crippen LogP contribution in [0.4, 0.5) is 5.69 Å². The average molecular weight is 349 g/mol. The Morgan fingerprint density at radius 2 is 1.62 bits per heavy atom. The number of nitrogens with one attached hydrogen (secondary N) is 1. The van der Waals surface area contributed by atoms with Crippen molar-refractivity contribution in [3.05, 3.63) is 54.1 Å². The second kappa shape index (κ2) is 7.88. The van der Waals surface area contributed by atoms with E-state index in [4.69, 9.17) is 14.0 Å². The lowest BCUT2D eigenvalue weighted by atomic mass is 10.2. The molecule has 0 amide bonds. The number of esters is 1. The smallest absolute Gasteiger partial charge is 0.338 e. The summed E-state index contributed by atoms with van der Waals surface area (Å²) in [6, 6.07) is 13.3. The van der Waals surface area contributed by atoms with Gasteiger partial charge in [-0.1, -0.05) is 0 Å². The molecule has 0 fully saturated rings. The van der Waals surface area contributed by atoms with E-state index in [1.807, 2.05) is 0 Å². The summed E-state index contributed by atoms with van der Waals surface area (Å²) in [5.74, 6) is 0.770. The summed E-state index contributed by atoms with van der Waals surface area (Å²) < 4.78 is 28.1. The van der Waals surface area contributed by atoms with Crippen molar-refractivity contribution in [2.75, 3.05) is 25.5 Å². The number of carbonyl (C=O) groups excluding carboxylic acids is 1. The van der Waals surface area contributed by atoms with Gasteiger partial charge in [0.1, 0.15) is 11.5 Å². The number of hydrogen-bond donors (Lipinski definition) is 1. The lowest BCUT2D eigenvalue weighted by Crippen LogP contribution is -2.05. The topological polar surface area (TPSA) is 73.9 Å². The quantitative estimate of drug-likeness (QED) is 0.597. The molecule has 1 atom stereocenters. The van der Waals surface area contributed by atoms with E-state index in [1.54, 1.807) is 62.6 Å². The average Bonchev–Trinajstić information content (AvgIpc) is 2.55. The van der Waals surface area contributed by atoms with Gasteiger partial charge in [0.2, 0.25) is 0 Å². The number of ether oxygens (including phenoxy) is 2. The Balaban J connectivity index is 2.02. The van der Waals surface area contributed by atoms with Crippen LogP contribution < -0.4 is 14.3 Å². The molecule has 2 aromatic carbocycles. The van der Waals surface area contributed by atoms with Crippen molar-refractivity contribution < 1.29 is 23.4 Å². The highest BCUT2D eigenvalue weighted by atomic mass is 31.2. The fraction of sp³-hybridized carbons (Fsp3) is 0.235. The van der Waals surface area contributed by atoms with Crippen LogP contribution in [-0.2, 0) is 9.30 Å². The van der Waals surface area contributed by atoms with E-state index in [0.717, 1.165) is 0 Å². The highest BCUT2D eigenvalue weighted by molar-refractivity contribution is 7.60. The zero-order valence-corrected chi connectivity index (χ0v) is 14.7. The van der Waals surface area contributed by atoms with Gasteiger partial charge < -0.3 is 19.1 Å². The molecule has 0 spiro atoms.